The van der Waals surface area contributed by atoms with Gasteiger partial charge in [0, 0.05) is 40.1 Å². The molecule has 1 atom stereocenters. The number of nitrogens with one attached hydrogen (secondary N) is 2. The SMILES string of the molecule is CCOc1ccc(C(CNC(=O)c2cccc(Cl)c2)c2c[nH]c3ccccc23)cc1OC. The Balaban J connectivity index is 1.70. The maximum atomic E-state index is 12.8. The van der Waals surface area contributed by atoms with E-state index in [0.717, 1.165) is 22.0 Å². The summed E-state index contributed by atoms with van der Waals surface area (Å²) >= 11 is 6.06. The average Bonchev–Trinajstić information content (AvgIpc) is 3.24. The second kappa shape index (κ2) is 9.79. The zero-order chi connectivity index (χ0) is 22.5. The predicted molar refractivity (Wildman–Crippen MR) is 128 cm³/mol. The Morgan fingerprint density at radius 1 is 1.06 bits per heavy atom. The molecule has 5 nitrogen and oxygen atoms in total. The van der Waals surface area contributed by atoms with Gasteiger partial charge in [-0.25, -0.2) is 0 Å². The lowest BCUT2D eigenvalue weighted by Crippen LogP contribution is -2.29. The van der Waals surface area contributed by atoms with Crippen molar-refractivity contribution >= 4 is 28.4 Å². The molecule has 0 aliphatic heterocycles. The summed E-state index contributed by atoms with van der Waals surface area (Å²) in [5, 5.41) is 4.71. The number of carbonyl (C=O) groups is 1. The van der Waals surface area contributed by atoms with Crippen LogP contribution in [0.4, 0.5) is 0 Å². The molecule has 0 bridgehead atoms. The summed E-state index contributed by atoms with van der Waals surface area (Å²) in [6.07, 6.45) is 2.00. The molecule has 0 aliphatic carbocycles. The van der Waals surface area contributed by atoms with Crippen LogP contribution in [-0.2, 0) is 0 Å². The first-order valence-corrected chi connectivity index (χ1v) is 10.9. The molecule has 1 aromatic heterocycles. The van der Waals surface area contributed by atoms with Gasteiger partial charge in [0.05, 0.1) is 13.7 Å². The molecule has 32 heavy (non-hydrogen) atoms. The van der Waals surface area contributed by atoms with E-state index in [1.165, 1.54) is 0 Å². The number of benzene rings is 3. The molecule has 0 aliphatic rings. The van der Waals surface area contributed by atoms with Crippen LogP contribution < -0.4 is 14.8 Å². The van der Waals surface area contributed by atoms with Crippen molar-refractivity contribution in [2.24, 2.45) is 0 Å². The standard InChI is InChI=1S/C26H25ClN2O3/c1-3-32-24-12-11-17(14-25(24)31-2)21(22-16-28-23-10-5-4-9-20(22)23)15-29-26(30)18-7-6-8-19(27)13-18/h4-14,16,21,28H,3,15H2,1-2H3,(H,29,30). The lowest BCUT2D eigenvalue weighted by atomic mass is 9.90. The average molecular weight is 449 g/mol. The Morgan fingerprint density at radius 3 is 2.69 bits per heavy atom. The Hall–Kier alpha value is -3.44. The number of fused-ring (bicyclic) bond motifs is 1. The Bertz CT molecular complexity index is 1230. The number of amides is 1. The van der Waals surface area contributed by atoms with E-state index >= 15 is 0 Å². The topological polar surface area (TPSA) is 63.3 Å². The van der Waals surface area contributed by atoms with Gasteiger partial charge in [0.2, 0.25) is 0 Å². The number of hydrogen-bond acceptors (Lipinski definition) is 3. The van der Waals surface area contributed by atoms with E-state index in [0.29, 0.717) is 35.2 Å². The Kier molecular flexibility index (Phi) is 6.66. The lowest BCUT2D eigenvalue weighted by molar-refractivity contribution is 0.0952. The van der Waals surface area contributed by atoms with Gasteiger partial charge in [-0.05, 0) is 54.4 Å². The van der Waals surface area contributed by atoms with Crippen LogP contribution in [0, 0.1) is 0 Å². The molecule has 1 unspecified atom stereocenters. The number of hydrogen-bond donors (Lipinski definition) is 2. The monoisotopic (exact) mass is 448 g/mol. The minimum Gasteiger partial charge on any atom is -0.493 e. The van der Waals surface area contributed by atoms with Gasteiger partial charge in [0.25, 0.3) is 5.91 Å². The third-order valence-corrected chi connectivity index (χ3v) is 5.68. The van der Waals surface area contributed by atoms with Gasteiger partial charge in [-0.1, -0.05) is 41.9 Å². The van der Waals surface area contributed by atoms with Crippen LogP contribution in [-0.4, -0.2) is 31.2 Å². The van der Waals surface area contributed by atoms with Crippen LogP contribution in [0.5, 0.6) is 11.5 Å². The minimum absolute atomic E-state index is 0.0983. The number of methoxy groups -OCH3 is 1. The number of H-pyrrole nitrogens is 1. The number of aromatic nitrogens is 1. The summed E-state index contributed by atoms with van der Waals surface area (Å²) in [6, 6.07) is 21.0. The van der Waals surface area contributed by atoms with Gasteiger partial charge < -0.3 is 19.8 Å². The molecule has 6 heteroatoms. The number of halogens is 1. The van der Waals surface area contributed by atoms with Crippen molar-refractivity contribution in [1.82, 2.24) is 10.3 Å². The summed E-state index contributed by atoms with van der Waals surface area (Å²) in [5.74, 6) is 1.09. The van der Waals surface area contributed by atoms with Crippen molar-refractivity contribution in [3.63, 3.8) is 0 Å². The van der Waals surface area contributed by atoms with E-state index in [4.69, 9.17) is 21.1 Å². The van der Waals surface area contributed by atoms with Crippen LogP contribution in [0.15, 0.2) is 72.9 Å². The lowest BCUT2D eigenvalue weighted by Gasteiger charge is -2.20. The molecular formula is C26H25ClN2O3. The molecule has 2 N–H and O–H groups in total. The first-order valence-electron chi connectivity index (χ1n) is 10.5. The summed E-state index contributed by atoms with van der Waals surface area (Å²) < 4.78 is 11.2. The number of aromatic amines is 1. The number of ether oxygens (including phenoxy) is 2. The van der Waals surface area contributed by atoms with Crippen molar-refractivity contribution in [2.45, 2.75) is 12.8 Å². The molecule has 4 rings (SSSR count). The zero-order valence-electron chi connectivity index (χ0n) is 18.0. The zero-order valence-corrected chi connectivity index (χ0v) is 18.8. The van der Waals surface area contributed by atoms with Gasteiger partial charge >= 0.3 is 0 Å². The van der Waals surface area contributed by atoms with E-state index in [1.54, 1.807) is 31.4 Å². The molecule has 1 amide bonds. The van der Waals surface area contributed by atoms with Gasteiger partial charge in [-0.15, -0.1) is 0 Å². The van der Waals surface area contributed by atoms with Gasteiger partial charge in [-0.3, -0.25) is 4.79 Å². The third kappa shape index (κ3) is 4.58. The fourth-order valence-electron chi connectivity index (χ4n) is 3.89. The van der Waals surface area contributed by atoms with Crippen LogP contribution in [0.2, 0.25) is 5.02 Å². The summed E-state index contributed by atoms with van der Waals surface area (Å²) in [5.41, 5.74) is 3.69. The highest BCUT2D eigenvalue weighted by Crippen LogP contribution is 2.36. The van der Waals surface area contributed by atoms with Crippen molar-refractivity contribution < 1.29 is 14.3 Å². The van der Waals surface area contributed by atoms with E-state index in [1.807, 2.05) is 49.5 Å². The third-order valence-electron chi connectivity index (χ3n) is 5.44. The Labute approximate surface area is 192 Å². The predicted octanol–water partition coefficient (Wildman–Crippen LogP) is 5.79. The summed E-state index contributed by atoms with van der Waals surface area (Å²) in [6.45, 7) is 2.90. The van der Waals surface area contributed by atoms with E-state index in [9.17, 15) is 4.79 Å². The van der Waals surface area contributed by atoms with Crippen molar-refractivity contribution in [3.8, 4) is 11.5 Å². The largest absolute Gasteiger partial charge is 0.493 e. The van der Waals surface area contributed by atoms with Crippen molar-refractivity contribution in [2.75, 3.05) is 20.3 Å². The number of para-hydroxylation sites is 1. The summed E-state index contributed by atoms with van der Waals surface area (Å²) in [4.78, 5) is 16.1. The molecule has 164 valence electrons. The highest BCUT2D eigenvalue weighted by molar-refractivity contribution is 6.30. The van der Waals surface area contributed by atoms with Gasteiger partial charge in [0.1, 0.15) is 0 Å². The van der Waals surface area contributed by atoms with Crippen molar-refractivity contribution in [3.05, 3.63) is 94.6 Å². The molecule has 0 saturated heterocycles. The molecular weight excluding hydrogens is 424 g/mol. The normalized spacial score (nSPS) is 11.8. The van der Waals surface area contributed by atoms with E-state index in [2.05, 4.69) is 16.4 Å². The van der Waals surface area contributed by atoms with Crippen LogP contribution >= 0.6 is 11.6 Å². The molecule has 0 fully saturated rings. The second-order valence-corrected chi connectivity index (χ2v) is 7.84. The fraction of sp³-hybridized carbons (Fsp3) is 0.192. The molecule has 1 heterocycles. The fourth-order valence-corrected chi connectivity index (χ4v) is 4.08. The van der Waals surface area contributed by atoms with Gasteiger partial charge in [0.15, 0.2) is 11.5 Å². The smallest absolute Gasteiger partial charge is 0.251 e. The van der Waals surface area contributed by atoms with Gasteiger partial charge in [-0.2, -0.15) is 0 Å². The Morgan fingerprint density at radius 2 is 1.91 bits per heavy atom. The number of rotatable bonds is 8. The molecule has 0 saturated carbocycles. The highest BCUT2D eigenvalue weighted by Gasteiger charge is 2.21. The molecule has 0 radical (unpaired) electrons. The number of carbonyl (C=O) groups excluding carboxylic acids is 1. The first kappa shape index (κ1) is 21.8. The highest BCUT2D eigenvalue weighted by atomic mass is 35.5. The first-order chi connectivity index (χ1) is 15.6. The molecule has 0 spiro atoms. The molecule has 3 aromatic carbocycles. The minimum atomic E-state index is -0.171. The van der Waals surface area contributed by atoms with E-state index < -0.39 is 0 Å². The molecule has 4 aromatic rings. The van der Waals surface area contributed by atoms with Crippen LogP contribution in [0.25, 0.3) is 10.9 Å². The van der Waals surface area contributed by atoms with Crippen molar-refractivity contribution in [1.29, 1.82) is 0 Å². The second-order valence-electron chi connectivity index (χ2n) is 7.41. The maximum absolute atomic E-state index is 12.8. The van der Waals surface area contributed by atoms with Crippen LogP contribution in [0.3, 0.4) is 0 Å². The quantitative estimate of drug-likeness (QED) is 0.358. The summed E-state index contributed by atoms with van der Waals surface area (Å²) in [7, 11) is 1.63. The van der Waals surface area contributed by atoms with E-state index in [-0.39, 0.29) is 11.8 Å². The van der Waals surface area contributed by atoms with Crippen LogP contribution in [0.1, 0.15) is 34.3 Å². The maximum Gasteiger partial charge on any atom is 0.251 e.